The van der Waals surface area contributed by atoms with Crippen LogP contribution in [0.25, 0.3) is 0 Å². The molecule has 6 heteroatoms. The summed E-state index contributed by atoms with van der Waals surface area (Å²) in [6.07, 6.45) is 3.72. The first-order valence-corrected chi connectivity index (χ1v) is 8.77. The normalized spacial score (nSPS) is 25.4. The SMILES string of the molecule is COc1ccc(C[C@@H]2CCCN2C(=O)C2CC(C(=O)O)C2)cc1OC. The summed E-state index contributed by atoms with van der Waals surface area (Å²) in [6, 6.07) is 6.03. The lowest BCUT2D eigenvalue weighted by Gasteiger charge is -2.36. The third-order valence-electron chi connectivity index (χ3n) is 5.42. The molecule has 1 amide bonds. The molecule has 1 atom stereocenters. The van der Waals surface area contributed by atoms with Gasteiger partial charge in [-0.05, 0) is 49.8 Å². The molecule has 2 aliphatic rings. The predicted molar refractivity (Wildman–Crippen MR) is 91.8 cm³/mol. The van der Waals surface area contributed by atoms with Gasteiger partial charge in [-0.15, -0.1) is 0 Å². The van der Waals surface area contributed by atoms with E-state index >= 15 is 0 Å². The van der Waals surface area contributed by atoms with Crippen LogP contribution in [0.5, 0.6) is 11.5 Å². The minimum Gasteiger partial charge on any atom is -0.493 e. The molecule has 1 saturated heterocycles. The number of carboxylic acids is 1. The molecule has 1 aliphatic heterocycles. The maximum Gasteiger partial charge on any atom is 0.306 e. The smallest absolute Gasteiger partial charge is 0.306 e. The van der Waals surface area contributed by atoms with Crippen LogP contribution >= 0.6 is 0 Å². The summed E-state index contributed by atoms with van der Waals surface area (Å²) in [6.45, 7) is 0.769. The van der Waals surface area contributed by atoms with Gasteiger partial charge in [-0.25, -0.2) is 0 Å². The number of hydrogen-bond donors (Lipinski definition) is 1. The van der Waals surface area contributed by atoms with Crippen molar-refractivity contribution in [3.8, 4) is 11.5 Å². The molecule has 0 aromatic heterocycles. The summed E-state index contributed by atoms with van der Waals surface area (Å²) in [4.78, 5) is 25.6. The maximum atomic E-state index is 12.7. The van der Waals surface area contributed by atoms with Crippen molar-refractivity contribution >= 4 is 11.9 Å². The van der Waals surface area contributed by atoms with Crippen molar-refractivity contribution in [2.24, 2.45) is 11.8 Å². The highest BCUT2D eigenvalue weighted by molar-refractivity contribution is 5.83. The minimum absolute atomic E-state index is 0.118. The lowest BCUT2D eigenvalue weighted by Crippen LogP contribution is -2.46. The highest BCUT2D eigenvalue weighted by Crippen LogP contribution is 2.37. The molecule has 2 fully saturated rings. The number of carboxylic acid groups (broad SMARTS) is 1. The number of likely N-dealkylation sites (tertiary alicyclic amines) is 1. The Bertz CT molecular complexity index is 653. The first kappa shape index (κ1) is 17.6. The summed E-state index contributed by atoms with van der Waals surface area (Å²) >= 11 is 0. The molecule has 1 aromatic carbocycles. The van der Waals surface area contributed by atoms with Crippen LogP contribution in [-0.2, 0) is 16.0 Å². The van der Waals surface area contributed by atoms with E-state index in [1.807, 2.05) is 23.1 Å². The van der Waals surface area contributed by atoms with Crippen LogP contribution < -0.4 is 9.47 Å². The largest absolute Gasteiger partial charge is 0.493 e. The van der Waals surface area contributed by atoms with E-state index in [0.717, 1.165) is 31.4 Å². The van der Waals surface area contributed by atoms with E-state index in [0.29, 0.717) is 24.3 Å². The standard InChI is InChI=1S/C19H25NO5/c1-24-16-6-5-12(9-17(16)25-2)8-15-4-3-7-20(15)18(21)13-10-14(11-13)19(22)23/h5-6,9,13-15H,3-4,7-8,10-11H2,1-2H3,(H,22,23)/t13?,14?,15-/m0/s1. The van der Waals surface area contributed by atoms with E-state index in [4.69, 9.17) is 14.6 Å². The van der Waals surface area contributed by atoms with Crippen LogP contribution in [0.4, 0.5) is 0 Å². The minimum atomic E-state index is -0.785. The fraction of sp³-hybridized carbons (Fsp3) is 0.579. The third-order valence-corrected chi connectivity index (χ3v) is 5.42. The Labute approximate surface area is 147 Å². The van der Waals surface area contributed by atoms with Crippen molar-refractivity contribution in [1.29, 1.82) is 0 Å². The second kappa shape index (κ2) is 7.33. The Morgan fingerprint density at radius 2 is 1.88 bits per heavy atom. The summed E-state index contributed by atoms with van der Waals surface area (Å²) in [5.41, 5.74) is 1.11. The van der Waals surface area contributed by atoms with Gasteiger partial charge in [0.25, 0.3) is 0 Å². The molecule has 6 nitrogen and oxygen atoms in total. The van der Waals surface area contributed by atoms with E-state index in [9.17, 15) is 9.59 Å². The van der Waals surface area contributed by atoms with Crippen molar-refractivity contribution in [2.45, 2.75) is 38.1 Å². The molecule has 0 spiro atoms. The zero-order valence-corrected chi connectivity index (χ0v) is 14.7. The molecule has 0 bridgehead atoms. The van der Waals surface area contributed by atoms with Gasteiger partial charge in [-0.3, -0.25) is 9.59 Å². The molecule has 1 N–H and O–H groups in total. The highest BCUT2D eigenvalue weighted by Gasteiger charge is 2.42. The number of hydrogen-bond acceptors (Lipinski definition) is 4. The van der Waals surface area contributed by atoms with Crippen LogP contribution in [0.2, 0.25) is 0 Å². The van der Waals surface area contributed by atoms with Gasteiger partial charge >= 0.3 is 5.97 Å². The number of nitrogens with zero attached hydrogens (tertiary/aromatic N) is 1. The molecule has 0 radical (unpaired) electrons. The van der Waals surface area contributed by atoms with Crippen molar-refractivity contribution in [3.63, 3.8) is 0 Å². The first-order chi connectivity index (χ1) is 12.0. The van der Waals surface area contributed by atoms with Crippen LogP contribution in [0.15, 0.2) is 18.2 Å². The molecule has 1 heterocycles. The summed E-state index contributed by atoms with van der Waals surface area (Å²) in [5, 5.41) is 8.99. The van der Waals surface area contributed by atoms with Crippen molar-refractivity contribution in [1.82, 2.24) is 4.90 Å². The highest BCUT2D eigenvalue weighted by atomic mass is 16.5. The number of benzene rings is 1. The number of ether oxygens (including phenoxy) is 2. The Balaban J connectivity index is 1.64. The predicted octanol–water partition coefficient (Wildman–Crippen LogP) is 2.35. The Hall–Kier alpha value is -2.24. The number of carbonyl (C=O) groups is 2. The van der Waals surface area contributed by atoms with Crippen LogP contribution in [0.1, 0.15) is 31.2 Å². The summed E-state index contributed by atoms with van der Waals surface area (Å²) in [5.74, 6) is 0.264. The summed E-state index contributed by atoms with van der Waals surface area (Å²) < 4.78 is 10.6. The second-order valence-corrected chi connectivity index (χ2v) is 6.92. The van der Waals surface area contributed by atoms with Crippen molar-refractivity contribution in [2.75, 3.05) is 20.8 Å². The molecular formula is C19H25NO5. The average Bonchev–Trinajstić information content (AvgIpc) is 3.01. The van der Waals surface area contributed by atoms with Gasteiger partial charge in [0.15, 0.2) is 11.5 Å². The Morgan fingerprint density at radius 3 is 2.52 bits per heavy atom. The number of aliphatic carboxylic acids is 1. The Kier molecular flexibility index (Phi) is 5.16. The molecule has 25 heavy (non-hydrogen) atoms. The van der Waals surface area contributed by atoms with Crippen LogP contribution in [-0.4, -0.2) is 48.7 Å². The van der Waals surface area contributed by atoms with E-state index in [2.05, 4.69) is 0 Å². The molecule has 1 aromatic rings. The van der Waals surface area contributed by atoms with Gasteiger partial charge < -0.3 is 19.5 Å². The lowest BCUT2D eigenvalue weighted by atomic mass is 9.74. The molecule has 1 aliphatic carbocycles. The third kappa shape index (κ3) is 3.57. The molecule has 3 rings (SSSR count). The van der Waals surface area contributed by atoms with Gasteiger partial charge in [-0.1, -0.05) is 6.07 Å². The van der Waals surface area contributed by atoms with E-state index in [1.165, 1.54) is 0 Å². The van der Waals surface area contributed by atoms with Gasteiger partial charge in [0, 0.05) is 18.5 Å². The topological polar surface area (TPSA) is 76.1 Å². The Morgan fingerprint density at radius 1 is 1.16 bits per heavy atom. The second-order valence-electron chi connectivity index (χ2n) is 6.92. The zero-order chi connectivity index (χ0) is 18.0. The van der Waals surface area contributed by atoms with Crippen molar-refractivity contribution in [3.05, 3.63) is 23.8 Å². The fourth-order valence-electron chi connectivity index (χ4n) is 3.87. The van der Waals surface area contributed by atoms with Gasteiger partial charge in [0.05, 0.1) is 20.1 Å². The molecular weight excluding hydrogens is 322 g/mol. The number of rotatable bonds is 6. The van der Waals surface area contributed by atoms with E-state index in [-0.39, 0.29) is 23.8 Å². The molecule has 136 valence electrons. The number of carbonyl (C=O) groups excluding carboxylic acids is 1. The maximum absolute atomic E-state index is 12.7. The van der Waals surface area contributed by atoms with Crippen LogP contribution in [0.3, 0.4) is 0 Å². The fourth-order valence-corrected chi connectivity index (χ4v) is 3.87. The quantitative estimate of drug-likeness (QED) is 0.855. The van der Waals surface area contributed by atoms with Gasteiger partial charge in [-0.2, -0.15) is 0 Å². The van der Waals surface area contributed by atoms with Gasteiger partial charge in [0.2, 0.25) is 5.91 Å². The average molecular weight is 347 g/mol. The summed E-state index contributed by atoms with van der Waals surface area (Å²) in [7, 11) is 3.22. The monoisotopic (exact) mass is 347 g/mol. The van der Waals surface area contributed by atoms with Crippen LogP contribution in [0, 0.1) is 11.8 Å². The molecule has 1 saturated carbocycles. The van der Waals surface area contributed by atoms with Crippen molar-refractivity contribution < 1.29 is 24.2 Å². The first-order valence-electron chi connectivity index (χ1n) is 8.77. The number of methoxy groups -OCH3 is 2. The molecule has 0 unspecified atom stereocenters. The van der Waals surface area contributed by atoms with E-state index < -0.39 is 5.97 Å². The zero-order valence-electron chi connectivity index (χ0n) is 14.7. The number of amides is 1. The van der Waals surface area contributed by atoms with E-state index in [1.54, 1.807) is 14.2 Å². The van der Waals surface area contributed by atoms with Gasteiger partial charge in [0.1, 0.15) is 0 Å². The lowest BCUT2D eigenvalue weighted by molar-refractivity contribution is -0.151.